The molecule has 1 saturated heterocycles. The maximum Gasteiger partial charge on any atom is 0.358 e. The molecule has 0 radical (unpaired) electrons. The van der Waals surface area contributed by atoms with Gasteiger partial charge in [-0.25, -0.2) is 9.78 Å². The summed E-state index contributed by atoms with van der Waals surface area (Å²) in [5.41, 5.74) is 0.0699. The molecule has 5 atom stereocenters. The van der Waals surface area contributed by atoms with E-state index >= 15 is 0 Å². The quantitative estimate of drug-likeness (QED) is 0.275. The van der Waals surface area contributed by atoms with Crippen LogP contribution in [0.1, 0.15) is 46.4 Å². The molecule has 0 saturated carbocycles. The Balaban J connectivity index is 1.72. The van der Waals surface area contributed by atoms with Crippen molar-refractivity contribution in [3.8, 4) is 0 Å². The molecule has 1 N–H and O–H groups in total. The average Bonchev–Trinajstić information content (AvgIpc) is 3.36. The lowest BCUT2D eigenvalue weighted by Gasteiger charge is -2.46. The summed E-state index contributed by atoms with van der Waals surface area (Å²) in [5, 5.41) is 11.1. The van der Waals surface area contributed by atoms with Gasteiger partial charge in [0.1, 0.15) is 21.9 Å². The number of β-lactam (4-membered cyclic amide) rings is 1. The molecule has 184 valence electrons. The van der Waals surface area contributed by atoms with Crippen LogP contribution in [0.5, 0.6) is 0 Å². The number of esters is 2. The molecule has 0 aliphatic carbocycles. The molecule has 0 aromatic carbocycles. The number of rotatable bonds is 6. The van der Waals surface area contributed by atoms with Crippen LogP contribution in [0.15, 0.2) is 23.2 Å². The largest absolute Gasteiger partial charge is 0.425 e. The number of aliphatic hydroxyl groups is 1. The minimum absolute atomic E-state index is 0.140. The summed E-state index contributed by atoms with van der Waals surface area (Å²) in [6.07, 6.45) is 3.58. The highest BCUT2D eigenvalue weighted by molar-refractivity contribution is 7.98. The highest BCUT2D eigenvalue weighted by Crippen LogP contribution is 2.52. The minimum Gasteiger partial charge on any atom is -0.425 e. The summed E-state index contributed by atoms with van der Waals surface area (Å²) in [6.45, 7) is 10.1. The number of carbonyl (C=O) groups is 3. The highest BCUT2D eigenvalue weighted by Gasteiger charge is 2.60. The SMILES string of the molecule is CSc1ncn2cc(C3=C(C(=O)OC(C)OC(=O)C(C)(C)C)N4C(=O)[C@H]([C@@H](C)O)[C@H]4[C@H]3C)sc12. The number of fused-ring (bicyclic) bond motifs is 2. The van der Waals surface area contributed by atoms with Gasteiger partial charge in [-0.1, -0.05) is 6.92 Å². The van der Waals surface area contributed by atoms with Crippen molar-refractivity contribution >= 4 is 51.3 Å². The summed E-state index contributed by atoms with van der Waals surface area (Å²) in [5.74, 6) is -2.36. The zero-order valence-corrected chi connectivity index (χ0v) is 21.8. The Morgan fingerprint density at radius 1 is 1.26 bits per heavy atom. The molecule has 9 nitrogen and oxygen atoms in total. The van der Waals surface area contributed by atoms with E-state index in [0.29, 0.717) is 5.57 Å². The van der Waals surface area contributed by atoms with Gasteiger partial charge >= 0.3 is 11.9 Å². The second-order valence-electron chi connectivity index (χ2n) is 9.71. The Kier molecular flexibility index (Phi) is 6.32. The van der Waals surface area contributed by atoms with Crippen LogP contribution in [0.3, 0.4) is 0 Å². The fourth-order valence-corrected chi connectivity index (χ4v) is 6.40. The normalized spacial score (nSPS) is 24.2. The van der Waals surface area contributed by atoms with E-state index in [2.05, 4.69) is 4.98 Å². The second-order valence-corrected chi connectivity index (χ2v) is 11.5. The topological polar surface area (TPSA) is 110 Å². The summed E-state index contributed by atoms with van der Waals surface area (Å²) in [4.78, 5) is 46.1. The van der Waals surface area contributed by atoms with E-state index in [9.17, 15) is 19.5 Å². The molecule has 2 aliphatic heterocycles. The fraction of sp³-hybridized carbons (Fsp3) is 0.565. The predicted octanol–water partition coefficient (Wildman–Crippen LogP) is 3.16. The van der Waals surface area contributed by atoms with Crippen LogP contribution in [0, 0.1) is 17.3 Å². The third-order valence-electron chi connectivity index (χ3n) is 6.16. The van der Waals surface area contributed by atoms with Crippen LogP contribution in [0.25, 0.3) is 10.4 Å². The van der Waals surface area contributed by atoms with Crippen LogP contribution < -0.4 is 0 Å². The number of hydrogen-bond acceptors (Lipinski definition) is 9. The smallest absolute Gasteiger partial charge is 0.358 e. The molecular weight excluding hydrogens is 478 g/mol. The van der Waals surface area contributed by atoms with Crippen molar-refractivity contribution < 1.29 is 29.0 Å². The van der Waals surface area contributed by atoms with Gasteiger partial charge in [0.05, 0.1) is 28.4 Å². The fourth-order valence-electron chi connectivity index (χ4n) is 4.48. The molecule has 34 heavy (non-hydrogen) atoms. The summed E-state index contributed by atoms with van der Waals surface area (Å²) in [6, 6.07) is -0.350. The van der Waals surface area contributed by atoms with Crippen molar-refractivity contribution in [3.05, 3.63) is 23.1 Å². The van der Waals surface area contributed by atoms with Crippen molar-refractivity contribution in [2.75, 3.05) is 6.26 Å². The molecule has 1 fully saturated rings. The third-order valence-corrected chi connectivity index (χ3v) is 8.12. The molecule has 2 aliphatic rings. The Morgan fingerprint density at radius 2 is 1.94 bits per heavy atom. The maximum absolute atomic E-state index is 13.4. The van der Waals surface area contributed by atoms with Crippen LogP contribution in [0.2, 0.25) is 0 Å². The highest BCUT2D eigenvalue weighted by atomic mass is 32.2. The number of nitrogens with zero attached hydrogens (tertiary/aromatic N) is 3. The summed E-state index contributed by atoms with van der Waals surface area (Å²) < 4.78 is 12.7. The zero-order chi connectivity index (χ0) is 25.1. The molecule has 4 rings (SSSR count). The lowest BCUT2D eigenvalue weighted by atomic mass is 9.77. The Hall–Kier alpha value is -2.37. The van der Waals surface area contributed by atoms with Gasteiger partial charge in [0.25, 0.3) is 0 Å². The van der Waals surface area contributed by atoms with E-state index in [-0.39, 0.29) is 23.6 Å². The van der Waals surface area contributed by atoms with Gasteiger partial charge in [-0.05, 0) is 34.0 Å². The van der Waals surface area contributed by atoms with Gasteiger partial charge in [-0.2, -0.15) is 0 Å². The Morgan fingerprint density at radius 3 is 2.53 bits per heavy atom. The van der Waals surface area contributed by atoms with Crippen molar-refractivity contribution in [2.24, 2.45) is 17.3 Å². The average molecular weight is 508 g/mol. The molecule has 11 heteroatoms. The first kappa shape index (κ1) is 24.7. The van der Waals surface area contributed by atoms with Crippen molar-refractivity contribution in [1.29, 1.82) is 0 Å². The lowest BCUT2D eigenvalue weighted by Crippen LogP contribution is -2.63. The van der Waals surface area contributed by atoms with Gasteiger partial charge < -0.3 is 19.5 Å². The third kappa shape index (κ3) is 3.93. The maximum atomic E-state index is 13.4. The van der Waals surface area contributed by atoms with Crippen molar-refractivity contribution in [3.63, 3.8) is 0 Å². The van der Waals surface area contributed by atoms with E-state index in [1.54, 1.807) is 34.0 Å². The van der Waals surface area contributed by atoms with E-state index in [4.69, 9.17) is 9.47 Å². The van der Waals surface area contributed by atoms with Crippen LogP contribution >= 0.6 is 23.1 Å². The number of imidazole rings is 1. The number of amides is 1. The monoisotopic (exact) mass is 507 g/mol. The number of aliphatic hydroxyl groups excluding tert-OH is 1. The van der Waals surface area contributed by atoms with Gasteiger partial charge in [-0.3, -0.25) is 14.0 Å². The number of thiazole rings is 1. The first-order valence-electron chi connectivity index (χ1n) is 11.0. The number of aromatic nitrogens is 2. The van der Waals surface area contributed by atoms with Crippen molar-refractivity contribution in [1.82, 2.24) is 14.3 Å². The molecule has 2 aromatic heterocycles. The summed E-state index contributed by atoms with van der Waals surface area (Å²) in [7, 11) is 0. The van der Waals surface area contributed by atoms with E-state index < -0.39 is 35.7 Å². The van der Waals surface area contributed by atoms with Crippen LogP contribution in [0.4, 0.5) is 0 Å². The van der Waals surface area contributed by atoms with Gasteiger partial charge in [0.15, 0.2) is 0 Å². The Bertz CT molecular complexity index is 1190. The molecule has 2 aromatic rings. The van der Waals surface area contributed by atoms with Gasteiger partial charge in [0.2, 0.25) is 12.2 Å². The van der Waals surface area contributed by atoms with Crippen molar-refractivity contribution in [2.45, 2.75) is 65.0 Å². The molecule has 1 amide bonds. The Labute approximate surface area is 206 Å². The summed E-state index contributed by atoms with van der Waals surface area (Å²) >= 11 is 3.01. The van der Waals surface area contributed by atoms with E-state index in [1.165, 1.54) is 34.9 Å². The van der Waals surface area contributed by atoms with E-state index in [1.807, 2.05) is 23.8 Å². The number of thioether (sulfide) groups is 1. The molecule has 4 heterocycles. The van der Waals surface area contributed by atoms with Crippen LogP contribution in [-0.2, 0) is 23.9 Å². The molecule has 0 bridgehead atoms. The standard InChI is InChI=1S/C23H29N3O6S2/c1-10-14(13-8-25-9-24-18(33-7)20(25)34-13)17(26-16(10)15(11(2)27)19(26)28)21(29)31-12(3)32-22(30)23(4,5)6/h8-12,15-16,27H,1-7H3/t10-,11+,12?,15+,16+/m0/s1. The molecular formula is C23H29N3O6S2. The second kappa shape index (κ2) is 8.69. The first-order valence-corrected chi connectivity index (χ1v) is 13.1. The minimum atomic E-state index is -1.13. The van der Waals surface area contributed by atoms with E-state index in [0.717, 1.165) is 14.7 Å². The number of hydrogen-bond donors (Lipinski definition) is 1. The predicted molar refractivity (Wildman–Crippen MR) is 128 cm³/mol. The first-order chi connectivity index (χ1) is 15.9. The lowest BCUT2D eigenvalue weighted by molar-refractivity contribution is -0.190. The van der Waals surface area contributed by atoms with Crippen LogP contribution in [-0.4, -0.2) is 61.9 Å². The number of ether oxygens (including phenoxy) is 2. The zero-order valence-electron chi connectivity index (χ0n) is 20.2. The van der Waals surface area contributed by atoms with Gasteiger partial charge in [0, 0.05) is 24.6 Å². The molecule has 0 spiro atoms. The molecule has 1 unspecified atom stereocenters. The number of carbonyl (C=O) groups excluding carboxylic acids is 3. The van der Waals surface area contributed by atoms with Gasteiger partial charge in [-0.15, -0.1) is 23.1 Å².